The van der Waals surface area contributed by atoms with Gasteiger partial charge in [-0.2, -0.15) is 0 Å². The molecule has 0 aliphatic heterocycles. The van der Waals surface area contributed by atoms with E-state index in [1.807, 2.05) is 6.92 Å². The topological polar surface area (TPSA) is 76.7 Å². The van der Waals surface area contributed by atoms with Crippen molar-refractivity contribution in [2.45, 2.75) is 33.6 Å². The highest BCUT2D eigenvalue weighted by molar-refractivity contribution is 6.00. The van der Waals surface area contributed by atoms with E-state index in [-0.39, 0.29) is 0 Å². The largest absolute Gasteiger partial charge is 0.494 e. The molecule has 0 atom stereocenters. The molecule has 0 aromatic heterocycles. The Morgan fingerprint density at radius 1 is 0.893 bits per heavy atom. The van der Waals surface area contributed by atoms with E-state index in [9.17, 15) is 9.59 Å². The fraction of sp³-hybridized carbons (Fsp3) is 0.364. The first-order chi connectivity index (χ1) is 13.5. The lowest BCUT2D eigenvalue weighted by atomic mass is 10.1. The lowest BCUT2D eigenvalue weighted by Crippen LogP contribution is -2.41. The van der Waals surface area contributed by atoms with Crippen LogP contribution in [0.2, 0.25) is 0 Å². The molecule has 0 spiro atoms. The number of hydrogen-bond acceptors (Lipinski definition) is 4. The number of nitrogens with one attached hydrogen (secondary N) is 2. The number of ether oxygens (including phenoxy) is 2. The Balaban J connectivity index is 1.89. The number of hydrazine groups is 1. The number of benzene rings is 2. The molecule has 2 N–H and O–H groups in total. The summed E-state index contributed by atoms with van der Waals surface area (Å²) < 4.78 is 11.2. The molecular weight excluding hydrogens is 356 g/mol. The highest BCUT2D eigenvalue weighted by Crippen LogP contribution is 2.18. The average Bonchev–Trinajstić information content (AvgIpc) is 2.70. The Bertz CT molecular complexity index is 772. The highest BCUT2D eigenvalue weighted by Gasteiger charge is 2.13. The van der Waals surface area contributed by atoms with E-state index in [1.165, 1.54) is 0 Å². The molecule has 0 heterocycles. The summed E-state index contributed by atoms with van der Waals surface area (Å²) in [5.74, 6) is 0.927. The summed E-state index contributed by atoms with van der Waals surface area (Å²) in [4.78, 5) is 24.6. The first kappa shape index (κ1) is 21.3. The molecule has 0 bridgehead atoms. The zero-order valence-electron chi connectivity index (χ0n) is 16.7. The van der Waals surface area contributed by atoms with Gasteiger partial charge in [0, 0.05) is 5.56 Å². The second-order valence-corrected chi connectivity index (χ2v) is 6.81. The smallest absolute Gasteiger partial charge is 0.273 e. The minimum absolute atomic E-state index is 0.366. The maximum atomic E-state index is 12.4. The Kier molecular flexibility index (Phi) is 8.34. The first-order valence-corrected chi connectivity index (χ1v) is 9.56. The highest BCUT2D eigenvalue weighted by atomic mass is 16.5. The van der Waals surface area contributed by atoms with Crippen LogP contribution in [0, 0.1) is 5.92 Å². The molecule has 6 nitrogen and oxygen atoms in total. The number of carbonyl (C=O) groups is 2. The van der Waals surface area contributed by atoms with Crippen molar-refractivity contribution in [1.29, 1.82) is 0 Å². The Morgan fingerprint density at radius 3 is 2.25 bits per heavy atom. The number of rotatable bonds is 9. The third-order valence-electron chi connectivity index (χ3n) is 3.96. The summed E-state index contributed by atoms with van der Waals surface area (Å²) in [6.07, 6.45) is 1.81. The van der Waals surface area contributed by atoms with Crippen LogP contribution >= 0.6 is 0 Å². The summed E-state index contributed by atoms with van der Waals surface area (Å²) in [7, 11) is 0. The van der Waals surface area contributed by atoms with Crippen LogP contribution in [0.15, 0.2) is 48.5 Å². The van der Waals surface area contributed by atoms with Crippen LogP contribution in [0.3, 0.4) is 0 Å². The van der Waals surface area contributed by atoms with Gasteiger partial charge in [-0.1, -0.05) is 32.9 Å². The van der Waals surface area contributed by atoms with Crippen molar-refractivity contribution >= 4 is 11.8 Å². The fourth-order valence-electron chi connectivity index (χ4n) is 2.36. The van der Waals surface area contributed by atoms with Gasteiger partial charge in [0.05, 0.1) is 18.8 Å². The number of amides is 2. The average molecular weight is 384 g/mol. The molecule has 0 saturated carbocycles. The minimum atomic E-state index is -0.436. The van der Waals surface area contributed by atoms with Gasteiger partial charge in [0.25, 0.3) is 11.8 Å². The molecule has 0 fully saturated rings. The van der Waals surface area contributed by atoms with Crippen molar-refractivity contribution in [3.05, 3.63) is 59.7 Å². The summed E-state index contributed by atoms with van der Waals surface area (Å²) in [5.41, 5.74) is 5.64. The maximum absolute atomic E-state index is 12.4. The van der Waals surface area contributed by atoms with Crippen molar-refractivity contribution in [2.75, 3.05) is 13.2 Å². The Hall–Kier alpha value is -3.02. The van der Waals surface area contributed by atoms with Gasteiger partial charge in [-0.05, 0) is 55.2 Å². The molecule has 0 aliphatic rings. The number of carbonyl (C=O) groups excluding carboxylic acids is 2. The molecule has 0 radical (unpaired) electrons. The van der Waals surface area contributed by atoms with Crippen LogP contribution < -0.4 is 20.3 Å². The lowest BCUT2D eigenvalue weighted by molar-refractivity contribution is 0.0844. The monoisotopic (exact) mass is 384 g/mol. The van der Waals surface area contributed by atoms with E-state index in [4.69, 9.17) is 9.47 Å². The van der Waals surface area contributed by atoms with Gasteiger partial charge in [0.1, 0.15) is 11.5 Å². The molecule has 2 amide bonds. The molecule has 6 heteroatoms. The predicted octanol–water partition coefficient (Wildman–Crippen LogP) is 3.98. The first-order valence-electron chi connectivity index (χ1n) is 9.56. The quantitative estimate of drug-likeness (QED) is 0.641. The van der Waals surface area contributed by atoms with Gasteiger partial charge in [-0.3, -0.25) is 20.4 Å². The molecule has 0 unspecified atom stereocenters. The summed E-state index contributed by atoms with van der Waals surface area (Å²) in [5, 5.41) is 0. The van der Waals surface area contributed by atoms with Crippen molar-refractivity contribution in [3.63, 3.8) is 0 Å². The summed E-state index contributed by atoms with van der Waals surface area (Å²) in [6.45, 7) is 7.42. The van der Waals surface area contributed by atoms with Gasteiger partial charge in [-0.25, -0.2) is 0 Å². The van der Waals surface area contributed by atoms with Crippen molar-refractivity contribution in [1.82, 2.24) is 10.9 Å². The fourth-order valence-corrected chi connectivity index (χ4v) is 2.36. The Labute approximate surface area is 166 Å². The van der Waals surface area contributed by atoms with Gasteiger partial charge >= 0.3 is 0 Å². The van der Waals surface area contributed by atoms with Crippen LogP contribution in [0.25, 0.3) is 0 Å². The van der Waals surface area contributed by atoms with E-state index in [0.717, 1.165) is 12.8 Å². The Morgan fingerprint density at radius 2 is 1.57 bits per heavy atom. The summed E-state index contributed by atoms with van der Waals surface area (Å²) >= 11 is 0. The van der Waals surface area contributed by atoms with Crippen LogP contribution in [-0.4, -0.2) is 25.0 Å². The predicted molar refractivity (Wildman–Crippen MR) is 109 cm³/mol. The van der Waals surface area contributed by atoms with E-state index >= 15 is 0 Å². The SMILES string of the molecule is CCCOc1ccccc1C(=O)NNC(=O)c1ccc(OCCC(C)C)cc1. The van der Waals surface area contributed by atoms with Crippen molar-refractivity contribution in [3.8, 4) is 11.5 Å². The van der Waals surface area contributed by atoms with E-state index in [0.29, 0.717) is 41.8 Å². The molecule has 2 aromatic carbocycles. The molecule has 28 heavy (non-hydrogen) atoms. The van der Waals surface area contributed by atoms with E-state index in [2.05, 4.69) is 24.7 Å². The van der Waals surface area contributed by atoms with Crippen LogP contribution in [-0.2, 0) is 0 Å². The van der Waals surface area contributed by atoms with Gasteiger partial charge in [0.15, 0.2) is 0 Å². The molecule has 150 valence electrons. The number of para-hydroxylation sites is 1. The zero-order chi connectivity index (χ0) is 20.4. The molecule has 0 aliphatic carbocycles. The minimum Gasteiger partial charge on any atom is -0.494 e. The van der Waals surface area contributed by atoms with Crippen molar-refractivity contribution in [2.24, 2.45) is 5.92 Å². The van der Waals surface area contributed by atoms with Gasteiger partial charge in [-0.15, -0.1) is 0 Å². The van der Waals surface area contributed by atoms with Crippen molar-refractivity contribution < 1.29 is 19.1 Å². The molecule has 0 saturated heterocycles. The molecule has 2 aromatic rings. The van der Waals surface area contributed by atoms with E-state index in [1.54, 1.807) is 48.5 Å². The summed E-state index contributed by atoms with van der Waals surface area (Å²) in [6, 6.07) is 13.7. The van der Waals surface area contributed by atoms with Gasteiger partial charge < -0.3 is 9.47 Å². The standard InChI is InChI=1S/C22H28N2O4/c1-4-14-28-20-8-6-5-7-19(20)22(26)24-23-21(25)17-9-11-18(12-10-17)27-15-13-16(2)3/h5-12,16H,4,13-15H2,1-3H3,(H,23,25)(H,24,26). The maximum Gasteiger partial charge on any atom is 0.273 e. The van der Waals surface area contributed by atoms with Crippen LogP contribution in [0.4, 0.5) is 0 Å². The van der Waals surface area contributed by atoms with E-state index < -0.39 is 11.8 Å². The van der Waals surface area contributed by atoms with Crippen LogP contribution in [0.1, 0.15) is 54.3 Å². The molecule has 2 rings (SSSR count). The third kappa shape index (κ3) is 6.61. The second kappa shape index (κ2) is 11.0. The zero-order valence-corrected chi connectivity index (χ0v) is 16.7. The van der Waals surface area contributed by atoms with Gasteiger partial charge in [0.2, 0.25) is 0 Å². The van der Waals surface area contributed by atoms with Crippen LogP contribution in [0.5, 0.6) is 11.5 Å². The normalized spacial score (nSPS) is 10.4. The molecular formula is C22H28N2O4. The lowest BCUT2D eigenvalue weighted by Gasteiger charge is -2.12. The number of hydrogen-bond donors (Lipinski definition) is 2. The second-order valence-electron chi connectivity index (χ2n) is 6.81. The third-order valence-corrected chi connectivity index (χ3v) is 3.96.